The molecule has 1 aromatic rings. The van der Waals surface area contributed by atoms with Gasteiger partial charge in [-0.2, -0.15) is 0 Å². The second-order valence-electron chi connectivity index (χ2n) is 2.48. The van der Waals surface area contributed by atoms with Crippen molar-refractivity contribution in [2.24, 2.45) is 0 Å². The number of fused-ring (bicyclic) bond motifs is 1. The van der Waals surface area contributed by atoms with Gasteiger partial charge in [-0.1, -0.05) is 18.2 Å². The molecule has 0 spiro atoms. The highest BCUT2D eigenvalue weighted by atomic mass is 79.9. The summed E-state index contributed by atoms with van der Waals surface area (Å²) in [4.78, 5) is 11.1. The summed E-state index contributed by atoms with van der Waals surface area (Å²) in [5, 5.41) is 0. The Morgan fingerprint density at radius 1 is 1.36 bits per heavy atom. The maximum atomic E-state index is 11.1. The van der Waals surface area contributed by atoms with Gasteiger partial charge in [-0.15, -0.1) is 0 Å². The molecule has 1 aliphatic rings. The predicted octanol–water partition coefficient (Wildman–Crippen LogP) is 1.89. The third-order valence-corrected chi connectivity index (χ3v) is 2.54. The number of benzene rings is 1. The highest BCUT2D eigenvalue weighted by Gasteiger charge is 2.24. The lowest BCUT2D eigenvalue weighted by molar-refractivity contribution is -0.116. The van der Waals surface area contributed by atoms with Gasteiger partial charge < -0.3 is 0 Å². The molecular weight excluding hydrogens is 206 g/mol. The number of carbonyl (C=O) groups is 1. The summed E-state index contributed by atoms with van der Waals surface area (Å²) >= 11 is 3.19. The normalized spacial score (nSPS) is 15.4. The Labute approximate surface area is 73.2 Å². The molecule has 0 saturated heterocycles. The van der Waals surface area contributed by atoms with Gasteiger partial charge in [0.2, 0.25) is 5.91 Å². The molecule has 2 rings (SSSR count). The van der Waals surface area contributed by atoms with Crippen LogP contribution in [-0.2, 0) is 11.2 Å². The summed E-state index contributed by atoms with van der Waals surface area (Å²) < 4.78 is 1.52. The van der Waals surface area contributed by atoms with Crippen LogP contribution < -0.4 is 3.93 Å². The summed E-state index contributed by atoms with van der Waals surface area (Å²) in [6.07, 6.45) is 0.515. The van der Waals surface area contributed by atoms with E-state index >= 15 is 0 Å². The first-order chi connectivity index (χ1) is 5.29. The molecule has 0 saturated carbocycles. The van der Waals surface area contributed by atoms with E-state index in [9.17, 15) is 4.79 Å². The lowest BCUT2D eigenvalue weighted by Gasteiger charge is -2.04. The molecule has 0 fully saturated rings. The SMILES string of the molecule is O=C1Cc2ccccc2N1Br. The topological polar surface area (TPSA) is 20.3 Å². The van der Waals surface area contributed by atoms with E-state index in [-0.39, 0.29) is 5.91 Å². The van der Waals surface area contributed by atoms with Gasteiger partial charge in [0.15, 0.2) is 0 Å². The van der Waals surface area contributed by atoms with Crippen molar-refractivity contribution in [2.75, 3.05) is 3.93 Å². The zero-order chi connectivity index (χ0) is 7.84. The smallest absolute Gasteiger partial charge is 0.241 e. The molecule has 1 aliphatic heterocycles. The number of halogens is 1. The van der Waals surface area contributed by atoms with Crippen LogP contribution >= 0.6 is 16.1 Å². The van der Waals surface area contributed by atoms with Crippen molar-refractivity contribution in [3.63, 3.8) is 0 Å². The largest absolute Gasteiger partial charge is 0.273 e. The number of para-hydroxylation sites is 1. The van der Waals surface area contributed by atoms with Crippen molar-refractivity contribution >= 4 is 27.7 Å². The summed E-state index contributed by atoms with van der Waals surface area (Å²) in [5.41, 5.74) is 2.06. The van der Waals surface area contributed by atoms with Gasteiger partial charge in [0.25, 0.3) is 0 Å². The minimum Gasteiger partial charge on any atom is -0.273 e. The number of carbonyl (C=O) groups excluding carboxylic acids is 1. The fourth-order valence-electron chi connectivity index (χ4n) is 1.22. The van der Waals surface area contributed by atoms with Crippen molar-refractivity contribution in [3.8, 4) is 0 Å². The maximum absolute atomic E-state index is 11.1. The third kappa shape index (κ3) is 0.959. The average molecular weight is 212 g/mol. The number of nitrogens with zero attached hydrogens (tertiary/aromatic N) is 1. The van der Waals surface area contributed by atoms with E-state index in [0.29, 0.717) is 6.42 Å². The van der Waals surface area contributed by atoms with Crippen LogP contribution in [0.15, 0.2) is 24.3 Å². The Balaban J connectivity index is 2.55. The Kier molecular flexibility index (Phi) is 1.46. The lowest BCUT2D eigenvalue weighted by atomic mass is 10.2. The van der Waals surface area contributed by atoms with Crippen molar-refractivity contribution in [1.29, 1.82) is 0 Å². The van der Waals surface area contributed by atoms with E-state index < -0.39 is 0 Å². The van der Waals surface area contributed by atoms with Gasteiger partial charge in [-0.05, 0) is 11.6 Å². The van der Waals surface area contributed by atoms with E-state index in [1.807, 2.05) is 24.3 Å². The molecule has 1 amide bonds. The maximum Gasteiger partial charge on any atom is 0.241 e. The number of anilines is 1. The second-order valence-corrected chi connectivity index (χ2v) is 3.19. The van der Waals surface area contributed by atoms with Gasteiger partial charge in [0, 0.05) is 0 Å². The molecular formula is C8H6BrNO. The number of hydrogen-bond acceptors (Lipinski definition) is 1. The summed E-state index contributed by atoms with van der Waals surface area (Å²) in [6, 6.07) is 7.76. The van der Waals surface area contributed by atoms with Crippen LogP contribution in [0.4, 0.5) is 5.69 Å². The molecule has 0 bridgehead atoms. The van der Waals surface area contributed by atoms with Crippen LogP contribution in [0.3, 0.4) is 0 Å². The zero-order valence-electron chi connectivity index (χ0n) is 5.75. The molecule has 0 atom stereocenters. The fraction of sp³-hybridized carbons (Fsp3) is 0.125. The summed E-state index contributed by atoms with van der Waals surface area (Å²) in [6.45, 7) is 0. The minimum absolute atomic E-state index is 0.103. The molecule has 0 aliphatic carbocycles. The molecule has 0 N–H and O–H groups in total. The Morgan fingerprint density at radius 3 is 2.82 bits per heavy atom. The summed E-state index contributed by atoms with van der Waals surface area (Å²) in [5.74, 6) is 0.103. The van der Waals surface area contributed by atoms with Crippen LogP contribution in [0.25, 0.3) is 0 Å². The van der Waals surface area contributed by atoms with Crippen LogP contribution in [0, 0.1) is 0 Å². The third-order valence-electron chi connectivity index (χ3n) is 1.76. The lowest BCUT2D eigenvalue weighted by Crippen LogP contribution is -2.13. The van der Waals surface area contributed by atoms with Gasteiger partial charge in [-0.25, -0.2) is 3.93 Å². The van der Waals surface area contributed by atoms with Crippen molar-refractivity contribution in [3.05, 3.63) is 29.8 Å². The Hall–Kier alpha value is -0.830. The highest BCUT2D eigenvalue weighted by molar-refractivity contribution is 9.10. The predicted molar refractivity (Wildman–Crippen MR) is 46.6 cm³/mol. The standard InChI is InChI=1S/C8H6BrNO/c9-10-7-4-2-1-3-6(7)5-8(10)11/h1-4H,5H2. The van der Waals surface area contributed by atoms with E-state index in [0.717, 1.165) is 11.3 Å². The fourth-order valence-corrected chi connectivity index (χ4v) is 1.69. The highest BCUT2D eigenvalue weighted by Crippen LogP contribution is 2.30. The molecule has 0 unspecified atom stereocenters. The van der Waals surface area contributed by atoms with Crippen molar-refractivity contribution in [2.45, 2.75) is 6.42 Å². The Bertz CT molecular complexity index is 311. The van der Waals surface area contributed by atoms with E-state index in [4.69, 9.17) is 0 Å². The number of rotatable bonds is 0. The second kappa shape index (κ2) is 2.34. The number of amides is 1. The first-order valence-electron chi connectivity index (χ1n) is 3.35. The molecule has 1 aromatic carbocycles. The molecule has 1 heterocycles. The van der Waals surface area contributed by atoms with E-state index in [2.05, 4.69) is 16.1 Å². The van der Waals surface area contributed by atoms with Crippen LogP contribution in [0.5, 0.6) is 0 Å². The van der Waals surface area contributed by atoms with Crippen LogP contribution in [-0.4, -0.2) is 5.91 Å². The van der Waals surface area contributed by atoms with Gasteiger partial charge in [-0.3, -0.25) is 4.79 Å². The minimum atomic E-state index is 0.103. The quantitative estimate of drug-likeness (QED) is 0.601. The molecule has 0 aromatic heterocycles. The van der Waals surface area contributed by atoms with Gasteiger partial charge in [0.05, 0.1) is 28.3 Å². The summed E-state index contributed by atoms with van der Waals surface area (Å²) in [7, 11) is 0. The van der Waals surface area contributed by atoms with Crippen LogP contribution in [0.2, 0.25) is 0 Å². The van der Waals surface area contributed by atoms with Gasteiger partial charge in [0.1, 0.15) is 0 Å². The molecule has 2 nitrogen and oxygen atoms in total. The average Bonchev–Trinajstić information content (AvgIpc) is 2.30. The Morgan fingerprint density at radius 2 is 2.09 bits per heavy atom. The van der Waals surface area contributed by atoms with Gasteiger partial charge >= 0.3 is 0 Å². The molecule has 56 valence electrons. The molecule has 0 radical (unpaired) electrons. The van der Waals surface area contributed by atoms with Crippen molar-refractivity contribution in [1.82, 2.24) is 0 Å². The zero-order valence-corrected chi connectivity index (χ0v) is 7.34. The van der Waals surface area contributed by atoms with E-state index in [1.165, 1.54) is 3.93 Å². The number of hydrogen-bond donors (Lipinski definition) is 0. The molecule has 11 heavy (non-hydrogen) atoms. The first kappa shape index (κ1) is 6.85. The van der Waals surface area contributed by atoms with Crippen molar-refractivity contribution < 1.29 is 4.79 Å². The first-order valence-corrected chi connectivity index (χ1v) is 4.06. The monoisotopic (exact) mass is 211 g/mol. The van der Waals surface area contributed by atoms with E-state index in [1.54, 1.807) is 0 Å². The van der Waals surface area contributed by atoms with Crippen LogP contribution in [0.1, 0.15) is 5.56 Å². The molecule has 3 heteroatoms.